The number of hydrogen-bond acceptors (Lipinski definition) is 2. The Balaban J connectivity index is 3.58. The summed E-state index contributed by atoms with van der Waals surface area (Å²) in [7, 11) is 1.42. The van der Waals surface area contributed by atoms with Gasteiger partial charge in [0.15, 0.2) is 11.5 Å². The van der Waals surface area contributed by atoms with Crippen LogP contribution in [0.4, 0.5) is 0 Å². The van der Waals surface area contributed by atoms with E-state index in [1.807, 2.05) is 0 Å². The second-order valence-electron chi connectivity index (χ2n) is 1.18. The zero-order valence-corrected chi connectivity index (χ0v) is 4.52. The van der Waals surface area contributed by atoms with Crippen LogP contribution in [-0.2, 0) is 9.53 Å². The minimum atomic E-state index is -0.123. The molecular formula is C5H8O2. The van der Waals surface area contributed by atoms with E-state index in [-0.39, 0.29) is 11.5 Å². The molecule has 0 heterocycles. The molecule has 40 valence electrons. The quantitative estimate of drug-likeness (QED) is 0.378. The minimum Gasteiger partial charge on any atom is -0.494 e. The first-order valence-electron chi connectivity index (χ1n) is 1.92. The van der Waals surface area contributed by atoms with Crippen LogP contribution in [0.25, 0.3) is 0 Å². The number of hydrogen-bond donors (Lipinski definition) is 0. The molecule has 0 aromatic rings. The molecule has 0 N–H and O–H groups in total. The van der Waals surface area contributed by atoms with E-state index >= 15 is 0 Å². The first kappa shape index (κ1) is 6.21. The molecule has 0 aliphatic rings. The zero-order chi connectivity index (χ0) is 5.86. The first-order chi connectivity index (χ1) is 3.18. The summed E-state index contributed by atoms with van der Waals surface area (Å²) in [6.07, 6.45) is 0. The Morgan fingerprint density at radius 3 is 2.14 bits per heavy atom. The normalized spacial score (nSPS) is 7.71. The van der Waals surface area contributed by atoms with E-state index in [0.717, 1.165) is 0 Å². The summed E-state index contributed by atoms with van der Waals surface area (Å²) in [5.74, 6) is 0.0856. The Bertz CT molecular complexity index is 94.3. The summed E-state index contributed by atoms with van der Waals surface area (Å²) in [6, 6.07) is 0. The van der Waals surface area contributed by atoms with Crippen molar-refractivity contribution < 1.29 is 9.53 Å². The molecule has 0 unspecified atom stereocenters. The van der Waals surface area contributed by atoms with E-state index in [0.29, 0.717) is 0 Å². The number of ketones is 1. The minimum absolute atomic E-state index is 0.123. The number of ether oxygens (including phenoxy) is 1. The van der Waals surface area contributed by atoms with Gasteiger partial charge in [-0.3, -0.25) is 4.79 Å². The van der Waals surface area contributed by atoms with Gasteiger partial charge in [-0.2, -0.15) is 0 Å². The Morgan fingerprint density at radius 2 is 2.14 bits per heavy atom. The predicted molar refractivity (Wildman–Crippen MR) is 26.8 cm³/mol. The van der Waals surface area contributed by atoms with Crippen molar-refractivity contribution in [2.24, 2.45) is 0 Å². The van der Waals surface area contributed by atoms with Gasteiger partial charge < -0.3 is 4.74 Å². The largest absolute Gasteiger partial charge is 0.494 e. The maximum absolute atomic E-state index is 10.2. The van der Waals surface area contributed by atoms with Crippen molar-refractivity contribution in [3.63, 3.8) is 0 Å². The van der Waals surface area contributed by atoms with Gasteiger partial charge in [-0.1, -0.05) is 6.58 Å². The highest BCUT2D eigenvalue weighted by molar-refractivity contribution is 5.90. The highest BCUT2D eigenvalue weighted by atomic mass is 16.5. The average molecular weight is 100 g/mol. The lowest BCUT2D eigenvalue weighted by molar-refractivity contribution is -0.116. The van der Waals surface area contributed by atoms with Crippen molar-refractivity contribution >= 4 is 5.78 Å². The van der Waals surface area contributed by atoms with Gasteiger partial charge in [0.25, 0.3) is 0 Å². The summed E-state index contributed by atoms with van der Waals surface area (Å²) in [6.45, 7) is 4.71. The third-order valence-corrected chi connectivity index (χ3v) is 0.639. The van der Waals surface area contributed by atoms with Crippen molar-refractivity contribution in [3.05, 3.63) is 12.3 Å². The molecule has 0 saturated carbocycles. The molecular weight excluding hydrogens is 92.1 g/mol. The highest BCUT2D eigenvalue weighted by Crippen LogP contribution is 1.88. The second-order valence-corrected chi connectivity index (χ2v) is 1.18. The molecule has 2 nitrogen and oxygen atoms in total. The van der Waals surface area contributed by atoms with E-state index in [4.69, 9.17) is 0 Å². The van der Waals surface area contributed by atoms with Gasteiger partial charge in [0, 0.05) is 6.92 Å². The molecule has 0 aromatic carbocycles. The summed E-state index contributed by atoms with van der Waals surface area (Å²) in [4.78, 5) is 10.2. The molecule has 0 atom stereocenters. The maximum Gasteiger partial charge on any atom is 0.193 e. The monoisotopic (exact) mass is 100 g/mol. The van der Waals surface area contributed by atoms with Crippen LogP contribution in [-0.4, -0.2) is 12.9 Å². The van der Waals surface area contributed by atoms with Crippen LogP contribution < -0.4 is 0 Å². The topological polar surface area (TPSA) is 26.3 Å². The maximum atomic E-state index is 10.2. The fourth-order valence-electron chi connectivity index (χ4n) is 0.144. The van der Waals surface area contributed by atoms with Gasteiger partial charge in [-0.05, 0) is 0 Å². The number of methoxy groups -OCH3 is 1. The van der Waals surface area contributed by atoms with Crippen LogP contribution in [0.3, 0.4) is 0 Å². The van der Waals surface area contributed by atoms with Gasteiger partial charge in [-0.15, -0.1) is 0 Å². The SMILES string of the molecule is C=C(OC)C(C)=O. The molecule has 0 aliphatic heterocycles. The molecule has 0 aliphatic carbocycles. The van der Waals surface area contributed by atoms with Gasteiger partial charge in [0.05, 0.1) is 7.11 Å². The number of allylic oxidation sites excluding steroid dienone is 1. The van der Waals surface area contributed by atoms with Crippen LogP contribution in [0.15, 0.2) is 12.3 Å². The summed E-state index contributed by atoms with van der Waals surface area (Å²) in [5.41, 5.74) is 0. The molecule has 0 fully saturated rings. The Labute approximate surface area is 42.8 Å². The van der Waals surface area contributed by atoms with Gasteiger partial charge in [-0.25, -0.2) is 0 Å². The van der Waals surface area contributed by atoms with Crippen molar-refractivity contribution in [3.8, 4) is 0 Å². The fraction of sp³-hybridized carbons (Fsp3) is 0.400. The second kappa shape index (κ2) is 2.39. The summed E-state index contributed by atoms with van der Waals surface area (Å²) in [5, 5.41) is 0. The lowest BCUT2D eigenvalue weighted by atomic mass is 10.4. The first-order valence-corrected chi connectivity index (χ1v) is 1.92. The lowest BCUT2D eigenvalue weighted by Crippen LogP contribution is -1.95. The van der Waals surface area contributed by atoms with Gasteiger partial charge in [0.2, 0.25) is 0 Å². The Kier molecular flexibility index (Phi) is 2.12. The number of Topliss-reactive ketones (excluding diaryl/α,β-unsaturated/α-hetero) is 1. The molecule has 0 aromatic heterocycles. The lowest BCUT2D eigenvalue weighted by Gasteiger charge is -1.93. The molecule has 0 bridgehead atoms. The Hall–Kier alpha value is -0.790. The van der Waals surface area contributed by atoms with Crippen molar-refractivity contribution in [2.45, 2.75) is 6.92 Å². The molecule has 0 rings (SSSR count). The van der Waals surface area contributed by atoms with E-state index < -0.39 is 0 Å². The number of carbonyl (C=O) groups is 1. The van der Waals surface area contributed by atoms with Crippen LogP contribution in [0.2, 0.25) is 0 Å². The van der Waals surface area contributed by atoms with Crippen LogP contribution >= 0.6 is 0 Å². The smallest absolute Gasteiger partial charge is 0.193 e. The number of carbonyl (C=O) groups excluding carboxylic acids is 1. The number of rotatable bonds is 2. The van der Waals surface area contributed by atoms with Crippen molar-refractivity contribution in [1.82, 2.24) is 0 Å². The third-order valence-electron chi connectivity index (χ3n) is 0.639. The molecule has 2 heteroatoms. The molecule has 0 spiro atoms. The van der Waals surface area contributed by atoms with Gasteiger partial charge >= 0.3 is 0 Å². The van der Waals surface area contributed by atoms with Crippen molar-refractivity contribution in [2.75, 3.05) is 7.11 Å². The van der Waals surface area contributed by atoms with Gasteiger partial charge in [0.1, 0.15) is 0 Å². The predicted octanol–water partition coefficient (Wildman–Crippen LogP) is 0.735. The standard InChI is InChI=1S/C5H8O2/c1-4(6)5(2)7-3/h2H2,1,3H3. The molecule has 0 radical (unpaired) electrons. The van der Waals surface area contributed by atoms with Crippen molar-refractivity contribution in [1.29, 1.82) is 0 Å². The average Bonchev–Trinajstić information content (AvgIpc) is 1.65. The zero-order valence-electron chi connectivity index (χ0n) is 4.52. The van der Waals surface area contributed by atoms with E-state index in [9.17, 15) is 4.79 Å². The van der Waals surface area contributed by atoms with Crippen LogP contribution in [0, 0.1) is 0 Å². The van der Waals surface area contributed by atoms with E-state index in [1.165, 1.54) is 14.0 Å². The highest BCUT2D eigenvalue weighted by Gasteiger charge is 1.94. The Morgan fingerprint density at radius 1 is 1.71 bits per heavy atom. The molecule has 7 heavy (non-hydrogen) atoms. The third kappa shape index (κ3) is 1.98. The van der Waals surface area contributed by atoms with E-state index in [2.05, 4.69) is 11.3 Å². The van der Waals surface area contributed by atoms with Crippen LogP contribution in [0.1, 0.15) is 6.92 Å². The van der Waals surface area contributed by atoms with Crippen LogP contribution in [0.5, 0.6) is 0 Å². The summed E-state index contributed by atoms with van der Waals surface area (Å²) >= 11 is 0. The molecule has 0 amide bonds. The molecule has 0 saturated heterocycles. The van der Waals surface area contributed by atoms with E-state index in [1.54, 1.807) is 0 Å². The summed E-state index contributed by atoms with van der Waals surface area (Å²) < 4.78 is 4.47. The fourth-order valence-corrected chi connectivity index (χ4v) is 0.144.